The van der Waals surface area contributed by atoms with Crippen LogP contribution in [0.1, 0.15) is 50.1 Å². The quantitative estimate of drug-likeness (QED) is 0.875. The third kappa shape index (κ3) is 3.27. The van der Waals surface area contributed by atoms with Crippen LogP contribution in [-0.4, -0.2) is 29.3 Å². The van der Waals surface area contributed by atoms with Crippen molar-refractivity contribution in [2.75, 3.05) is 6.54 Å². The molecule has 1 aliphatic carbocycles. The lowest BCUT2D eigenvalue weighted by molar-refractivity contribution is -0.139. The van der Waals surface area contributed by atoms with Gasteiger partial charge in [0, 0.05) is 6.54 Å². The summed E-state index contributed by atoms with van der Waals surface area (Å²) in [6.07, 6.45) is 7.18. The third-order valence-electron chi connectivity index (χ3n) is 4.78. The molecule has 1 saturated carbocycles. The molecule has 0 radical (unpaired) electrons. The van der Waals surface area contributed by atoms with Gasteiger partial charge in [0.1, 0.15) is 6.04 Å². The van der Waals surface area contributed by atoms with E-state index in [0.29, 0.717) is 6.54 Å². The van der Waals surface area contributed by atoms with Crippen LogP contribution in [0, 0.1) is 0 Å². The summed E-state index contributed by atoms with van der Waals surface area (Å²) in [5.74, 6) is -0.838. The Morgan fingerprint density at radius 1 is 1.29 bits per heavy atom. The van der Waals surface area contributed by atoms with Crippen molar-refractivity contribution in [3.63, 3.8) is 0 Å². The minimum absolute atomic E-state index is 0.109. The lowest BCUT2D eigenvalue weighted by Crippen LogP contribution is -2.36. The fraction of sp³-hybridized carbons (Fsp3) is 0.588. The maximum Gasteiger partial charge on any atom is 0.325 e. The molecular weight excluding hydrogens is 266 g/mol. The Labute approximate surface area is 125 Å². The van der Waals surface area contributed by atoms with Crippen LogP contribution in [0.25, 0.3) is 0 Å². The van der Waals surface area contributed by atoms with Crippen LogP contribution in [0.3, 0.4) is 0 Å². The molecule has 2 fully saturated rings. The minimum atomic E-state index is -0.838. The number of hydrogen-bond donors (Lipinski definition) is 2. The second-order valence-electron chi connectivity index (χ2n) is 6.26. The zero-order chi connectivity index (χ0) is 14.7. The first-order valence-corrected chi connectivity index (χ1v) is 7.87. The fourth-order valence-electron chi connectivity index (χ4n) is 3.67. The van der Waals surface area contributed by atoms with E-state index in [1.165, 1.54) is 25.7 Å². The van der Waals surface area contributed by atoms with E-state index in [0.717, 1.165) is 18.4 Å². The molecule has 2 aliphatic rings. The zero-order valence-corrected chi connectivity index (χ0v) is 12.3. The molecule has 4 heteroatoms. The van der Waals surface area contributed by atoms with Gasteiger partial charge in [-0.25, -0.2) is 0 Å². The number of carbonyl (C=O) groups is 1. The number of benzene rings is 1. The third-order valence-corrected chi connectivity index (χ3v) is 4.78. The van der Waals surface area contributed by atoms with Crippen molar-refractivity contribution in [2.45, 2.75) is 56.3 Å². The summed E-state index contributed by atoms with van der Waals surface area (Å²) in [5.41, 5.74) is 0.899. The summed E-state index contributed by atoms with van der Waals surface area (Å²) < 4.78 is 6.22. The first kappa shape index (κ1) is 14.5. The van der Waals surface area contributed by atoms with Crippen molar-refractivity contribution in [3.05, 3.63) is 35.9 Å². The Morgan fingerprint density at radius 2 is 2.00 bits per heavy atom. The lowest BCUT2D eigenvalue weighted by atomic mass is 9.98. The second kappa shape index (κ2) is 6.16. The summed E-state index contributed by atoms with van der Waals surface area (Å²) >= 11 is 0. The molecule has 0 bridgehead atoms. The molecule has 3 rings (SSSR count). The molecule has 1 aromatic rings. The van der Waals surface area contributed by atoms with E-state index in [-0.39, 0.29) is 11.7 Å². The molecule has 1 aromatic carbocycles. The monoisotopic (exact) mass is 289 g/mol. The van der Waals surface area contributed by atoms with E-state index >= 15 is 0 Å². The van der Waals surface area contributed by atoms with Crippen molar-refractivity contribution in [1.82, 2.24) is 5.32 Å². The van der Waals surface area contributed by atoms with Crippen LogP contribution < -0.4 is 5.32 Å². The highest BCUT2D eigenvalue weighted by atomic mass is 16.5. The number of aliphatic carboxylic acids is 1. The molecule has 0 amide bonds. The van der Waals surface area contributed by atoms with Crippen LogP contribution in [0.4, 0.5) is 0 Å². The highest BCUT2D eigenvalue weighted by molar-refractivity contribution is 5.75. The van der Waals surface area contributed by atoms with Gasteiger partial charge in [0.2, 0.25) is 0 Å². The SMILES string of the molecule is O=C(O)C(NCC1CCC2(CCCC2)O1)c1ccccc1. The van der Waals surface area contributed by atoms with Crippen molar-refractivity contribution in [3.8, 4) is 0 Å². The van der Waals surface area contributed by atoms with Gasteiger partial charge >= 0.3 is 5.97 Å². The van der Waals surface area contributed by atoms with Crippen molar-refractivity contribution in [1.29, 1.82) is 0 Å². The van der Waals surface area contributed by atoms with Gasteiger partial charge in [-0.2, -0.15) is 0 Å². The van der Waals surface area contributed by atoms with Gasteiger partial charge in [0.05, 0.1) is 11.7 Å². The van der Waals surface area contributed by atoms with Gasteiger partial charge < -0.3 is 9.84 Å². The summed E-state index contributed by atoms with van der Waals surface area (Å²) in [6, 6.07) is 8.67. The molecule has 2 unspecified atom stereocenters. The van der Waals surface area contributed by atoms with Crippen LogP contribution in [-0.2, 0) is 9.53 Å². The number of ether oxygens (including phenoxy) is 1. The Hall–Kier alpha value is -1.39. The van der Waals surface area contributed by atoms with Crippen molar-refractivity contribution >= 4 is 5.97 Å². The highest BCUT2D eigenvalue weighted by Gasteiger charge is 2.42. The highest BCUT2D eigenvalue weighted by Crippen LogP contribution is 2.43. The van der Waals surface area contributed by atoms with Gasteiger partial charge in [-0.3, -0.25) is 10.1 Å². The van der Waals surface area contributed by atoms with Crippen molar-refractivity contribution in [2.24, 2.45) is 0 Å². The van der Waals surface area contributed by atoms with Crippen LogP contribution in [0.15, 0.2) is 30.3 Å². The number of hydrogen-bond acceptors (Lipinski definition) is 3. The molecular formula is C17H23NO3. The van der Waals surface area contributed by atoms with Gasteiger partial charge in [-0.1, -0.05) is 43.2 Å². The van der Waals surface area contributed by atoms with E-state index in [2.05, 4.69) is 5.32 Å². The molecule has 2 N–H and O–H groups in total. The lowest BCUT2D eigenvalue weighted by Gasteiger charge is -2.24. The Morgan fingerprint density at radius 3 is 2.67 bits per heavy atom. The summed E-state index contributed by atoms with van der Waals surface area (Å²) in [5, 5.41) is 12.6. The Kier molecular flexibility index (Phi) is 4.27. The fourth-order valence-corrected chi connectivity index (χ4v) is 3.67. The number of carboxylic acid groups (broad SMARTS) is 1. The smallest absolute Gasteiger partial charge is 0.325 e. The average Bonchev–Trinajstić information content (AvgIpc) is 3.11. The topological polar surface area (TPSA) is 58.6 Å². The van der Waals surface area contributed by atoms with E-state index in [4.69, 9.17) is 4.74 Å². The number of nitrogens with one attached hydrogen (secondary N) is 1. The van der Waals surface area contributed by atoms with Gasteiger partial charge in [-0.15, -0.1) is 0 Å². The first-order chi connectivity index (χ1) is 10.2. The molecule has 4 nitrogen and oxygen atoms in total. The molecule has 1 aliphatic heterocycles. The molecule has 2 atom stereocenters. The average molecular weight is 289 g/mol. The molecule has 21 heavy (non-hydrogen) atoms. The molecule has 1 spiro atoms. The van der Waals surface area contributed by atoms with Crippen LogP contribution >= 0.6 is 0 Å². The maximum absolute atomic E-state index is 11.5. The molecule has 0 aromatic heterocycles. The van der Waals surface area contributed by atoms with Gasteiger partial charge in [0.15, 0.2) is 0 Å². The Bertz CT molecular complexity index is 482. The van der Waals surface area contributed by atoms with Crippen molar-refractivity contribution < 1.29 is 14.6 Å². The maximum atomic E-state index is 11.5. The second-order valence-corrected chi connectivity index (χ2v) is 6.26. The van der Waals surface area contributed by atoms with E-state index in [9.17, 15) is 9.90 Å². The minimum Gasteiger partial charge on any atom is -0.480 e. The molecule has 114 valence electrons. The summed E-state index contributed by atoms with van der Waals surface area (Å²) in [4.78, 5) is 11.5. The largest absolute Gasteiger partial charge is 0.480 e. The summed E-state index contributed by atoms with van der Waals surface area (Å²) in [6.45, 7) is 0.605. The van der Waals surface area contributed by atoms with Gasteiger partial charge in [-0.05, 0) is 31.2 Å². The number of carboxylic acids is 1. The predicted octanol–water partition coefficient (Wildman–Crippen LogP) is 2.89. The van der Waals surface area contributed by atoms with E-state index in [1.807, 2.05) is 30.3 Å². The molecule has 1 saturated heterocycles. The zero-order valence-electron chi connectivity index (χ0n) is 12.3. The number of rotatable bonds is 5. The summed E-state index contributed by atoms with van der Waals surface area (Å²) in [7, 11) is 0. The van der Waals surface area contributed by atoms with Crippen LogP contribution in [0.2, 0.25) is 0 Å². The molecule has 1 heterocycles. The standard InChI is InChI=1S/C17H23NO3/c19-16(20)15(13-6-2-1-3-7-13)18-12-14-8-11-17(21-14)9-4-5-10-17/h1-3,6-7,14-15,18H,4-5,8-12H2,(H,19,20). The normalized spacial score (nSPS) is 25.2. The van der Waals surface area contributed by atoms with Crippen LogP contribution in [0.5, 0.6) is 0 Å². The van der Waals surface area contributed by atoms with E-state index < -0.39 is 12.0 Å². The predicted molar refractivity (Wildman–Crippen MR) is 80.1 cm³/mol. The van der Waals surface area contributed by atoms with E-state index in [1.54, 1.807) is 0 Å². The first-order valence-electron chi connectivity index (χ1n) is 7.87. The van der Waals surface area contributed by atoms with Gasteiger partial charge in [0.25, 0.3) is 0 Å². The Balaban J connectivity index is 1.57.